The molecule has 0 bridgehead atoms. The number of fused-ring (bicyclic) bond motifs is 1. The van der Waals surface area contributed by atoms with Crippen LogP contribution in [0.4, 0.5) is 4.39 Å². The molecule has 3 aromatic rings. The summed E-state index contributed by atoms with van der Waals surface area (Å²) in [6.07, 6.45) is 0. The van der Waals surface area contributed by atoms with Crippen LogP contribution in [0.5, 0.6) is 11.5 Å². The summed E-state index contributed by atoms with van der Waals surface area (Å²) >= 11 is 0. The first-order valence-electron chi connectivity index (χ1n) is 7.94. The second-order valence-corrected chi connectivity index (χ2v) is 7.29. The molecule has 0 radical (unpaired) electrons. The van der Waals surface area contributed by atoms with E-state index in [0.717, 1.165) is 22.9 Å². The van der Waals surface area contributed by atoms with Gasteiger partial charge in [0.1, 0.15) is 28.8 Å². The van der Waals surface area contributed by atoms with E-state index in [0.29, 0.717) is 5.75 Å². The predicted molar refractivity (Wildman–Crippen MR) is 97.6 cm³/mol. The fraction of sp³-hybridized carbons (Fsp3) is 0.158. The number of nitrogens with one attached hydrogen (secondary N) is 1. The van der Waals surface area contributed by atoms with Crippen LogP contribution >= 0.6 is 0 Å². The van der Waals surface area contributed by atoms with E-state index in [2.05, 4.69) is 4.72 Å². The van der Waals surface area contributed by atoms with Crippen molar-refractivity contribution in [2.75, 3.05) is 20.3 Å². The molecule has 0 saturated heterocycles. The highest BCUT2D eigenvalue weighted by atomic mass is 32.2. The molecule has 0 heterocycles. The van der Waals surface area contributed by atoms with Crippen molar-refractivity contribution >= 4 is 20.8 Å². The molecular weight excluding hydrogens is 357 g/mol. The Labute approximate surface area is 151 Å². The summed E-state index contributed by atoms with van der Waals surface area (Å²) in [5, 5.41) is 2.13. The average molecular weight is 375 g/mol. The van der Waals surface area contributed by atoms with Crippen LogP contribution in [0, 0.1) is 5.82 Å². The van der Waals surface area contributed by atoms with Crippen LogP contribution in [-0.4, -0.2) is 28.7 Å². The Kier molecular flexibility index (Phi) is 5.39. The minimum Gasteiger partial charge on any atom is -0.495 e. The van der Waals surface area contributed by atoms with Crippen LogP contribution in [0.2, 0.25) is 0 Å². The van der Waals surface area contributed by atoms with Gasteiger partial charge in [0.25, 0.3) is 0 Å². The predicted octanol–water partition coefficient (Wildman–Crippen LogP) is 3.34. The van der Waals surface area contributed by atoms with Crippen molar-refractivity contribution in [2.24, 2.45) is 0 Å². The number of halogens is 1. The Hall–Kier alpha value is -2.64. The van der Waals surface area contributed by atoms with Crippen molar-refractivity contribution in [3.8, 4) is 11.5 Å². The minimum atomic E-state index is -3.91. The summed E-state index contributed by atoms with van der Waals surface area (Å²) in [7, 11) is -2.58. The summed E-state index contributed by atoms with van der Waals surface area (Å²) in [6, 6.07) is 16.9. The van der Waals surface area contributed by atoms with Crippen molar-refractivity contribution in [1.82, 2.24) is 4.72 Å². The van der Waals surface area contributed by atoms with Gasteiger partial charge in [0.15, 0.2) is 0 Å². The van der Waals surface area contributed by atoms with E-state index in [1.54, 1.807) is 0 Å². The molecule has 0 spiro atoms. The zero-order chi connectivity index (χ0) is 18.6. The third-order valence-electron chi connectivity index (χ3n) is 3.80. The highest BCUT2D eigenvalue weighted by Crippen LogP contribution is 2.24. The molecule has 3 rings (SSSR count). The maximum atomic E-state index is 13.4. The first-order valence-corrected chi connectivity index (χ1v) is 9.43. The molecule has 0 aliphatic heterocycles. The minimum absolute atomic E-state index is 0.0365. The molecule has 0 atom stereocenters. The average Bonchev–Trinajstić information content (AvgIpc) is 2.65. The quantitative estimate of drug-likeness (QED) is 0.643. The Morgan fingerprint density at radius 3 is 2.54 bits per heavy atom. The van der Waals surface area contributed by atoms with Gasteiger partial charge in [-0.3, -0.25) is 0 Å². The molecule has 0 unspecified atom stereocenters. The lowest BCUT2D eigenvalue weighted by molar-refractivity contribution is 0.323. The van der Waals surface area contributed by atoms with Gasteiger partial charge >= 0.3 is 0 Å². The molecule has 136 valence electrons. The van der Waals surface area contributed by atoms with E-state index >= 15 is 0 Å². The second-order valence-electron chi connectivity index (χ2n) is 5.55. The number of methoxy groups -OCH3 is 1. The van der Waals surface area contributed by atoms with Gasteiger partial charge in [0.05, 0.1) is 7.11 Å². The number of ether oxygens (including phenoxy) is 2. The molecule has 0 aromatic heterocycles. The number of benzene rings is 3. The molecule has 26 heavy (non-hydrogen) atoms. The van der Waals surface area contributed by atoms with Gasteiger partial charge in [-0.15, -0.1) is 0 Å². The number of rotatable bonds is 7. The van der Waals surface area contributed by atoms with Crippen LogP contribution in [0.15, 0.2) is 65.6 Å². The van der Waals surface area contributed by atoms with Gasteiger partial charge in [0, 0.05) is 6.54 Å². The van der Waals surface area contributed by atoms with Gasteiger partial charge in [-0.25, -0.2) is 17.5 Å². The van der Waals surface area contributed by atoms with Crippen LogP contribution in [0.1, 0.15) is 0 Å². The molecule has 1 N–H and O–H groups in total. The third-order valence-corrected chi connectivity index (χ3v) is 5.28. The highest BCUT2D eigenvalue weighted by molar-refractivity contribution is 7.89. The van der Waals surface area contributed by atoms with Crippen molar-refractivity contribution in [2.45, 2.75) is 4.90 Å². The Bertz CT molecular complexity index is 1020. The van der Waals surface area contributed by atoms with E-state index in [1.165, 1.54) is 13.2 Å². The van der Waals surface area contributed by atoms with Crippen LogP contribution in [0.3, 0.4) is 0 Å². The topological polar surface area (TPSA) is 64.6 Å². The summed E-state index contributed by atoms with van der Waals surface area (Å²) < 4.78 is 51.0. The first-order chi connectivity index (χ1) is 12.5. The van der Waals surface area contributed by atoms with Gasteiger partial charge in [-0.1, -0.05) is 30.3 Å². The third kappa shape index (κ3) is 4.12. The van der Waals surface area contributed by atoms with Gasteiger partial charge in [-0.2, -0.15) is 0 Å². The van der Waals surface area contributed by atoms with Crippen LogP contribution < -0.4 is 14.2 Å². The van der Waals surface area contributed by atoms with Crippen molar-refractivity contribution < 1.29 is 22.3 Å². The van der Waals surface area contributed by atoms with Crippen molar-refractivity contribution in [3.63, 3.8) is 0 Å². The summed E-state index contributed by atoms with van der Waals surface area (Å²) in [5.41, 5.74) is 0. The molecule has 0 amide bonds. The zero-order valence-electron chi connectivity index (χ0n) is 14.1. The standard InChI is InChI=1S/C19H18FNO4S/c1-24-18-9-7-16(20)13-19(18)26(22,23)21-10-11-25-17-8-6-14-4-2-3-5-15(14)12-17/h2-9,12-13,21H,10-11H2,1H3. The summed E-state index contributed by atoms with van der Waals surface area (Å²) in [5.74, 6) is 0.0687. The monoisotopic (exact) mass is 375 g/mol. The maximum Gasteiger partial charge on any atom is 0.244 e. The fourth-order valence-corrected chi connectivity index (χ4v) is 3.73. The Balaban J connectivity index is 1.62. The summed E-state index contributed by atoms with van der Waals surface area (Å²) in [6.45, 7) is 0.171. The number of sulfonamides is 1. The molecule has 3 aromatic carbocycles. The van der Waals surface area contributed by atoms with Crippen molar-refractivity contribution in [1.29, 1.82) is 0 Å². The summed E-state index contributed by atoms with van der Waals surface area (Å²) in [4.78, 5) is -0.245. The Morgan fingerprint density at radius 1 is 1.00 bits per heavy atom. The lowest BCUT2D eigenvalue weighted by atomic mass is 10.1. The molecule has 0 fully saturated rings. The fourth-order valence-electron chi connectivity index (χ4n) is 2.54. The second kappa shape index (κ2) is 7.72. The van der Waals surface area contributed by atoms with Gasteiger partial charge < -0.3 is 9.47 Å². The number of hydrogen-bond donors (Lipinski definition) is 1. The van der Waals surface area contributed by atoms with E-state index in [4.69, 9.17) is 9.47 Å². The molecule has 0 saturated carbocycles. The van der Waals surface area contributed by atoms with Crippen LogP contribution in [-0.2, 0) is 10.0 Å². The van der Waals surface area contributed by atoms with E-state index in [-0.39, 0.29) is 23.8 Å². The lowest BCUT2D eigenvalue weighted by Crippen LogP contribution is -2.28. The van der Waals surface area contributed by atoms with Gasteiger partial charge in [-0.05, 0) is 41.1 Å². The van der Waals surface area contributed by atoms with E-state index < -0.39 is 15.8 Å². The maximum absolute atomic E-state index is 13.4. The molecule has 7 heteroatoms. The van der Waals surface area contributed by atoms with E-state index in [9.17, 15) is 12.8 Å². The Morgan fingerprint density at radius 2 is 1.77 bits per heavy atom. The van der Waals surface area contributed by atoms with Gasteiger partial charge in [0.2, 0.25) is 10.0 Å². The first kappa shape index (κ1) is 18.2. The SMILES string of the molecule is COc1ccc(F)cc1S(=O)(=O)NCCOc1ccc2ccccc2c1. The highest BCUT2D eigenvalue weighted by Gasteiger charge is 2.19. The van der Waals surface area contributed by atoms with E-state index in [1.807, 2.05) is 42.5 Å². The molecule has 0 aliphatic rings. The number of hydrogen-bond acceptors (Lipinski definition) is 4. The molecular formula is C19H18FNO4S. The molecule has 0 aliphatic carbocycles. The molecule has 5 nitrogen and oxygen atoms in total. The van der Waals surface area contributed by atoms with Crippen LogP contribution in [0.25, 0.3) is 10.8 Å². The largest absolute Gasteiger partial charge is 0.495 e. The zero-order valence-corrected chi connectivity index (χ0v) is 14.9. The van der Waals surface area contributed by atoms with Crippen molar-refractivity contribution in [3.05, 3.63) is 66.5 Å². The lowest BCUT2D eigenvalue weighted by Gasteiger charge is -2.11. The smallest absolute Gasteiger partial charge is 0.244 e. The normalized spacial score (nSPS) is 11.5.